The van der Waals surface area contributed by atoms with Crippen LogP contribution in [0.5, 0.6) is 17.2 Å². The zero-order valence-corrected chi connectivity index (χ0v) is 14.5. The minimum atomic E-state index is -0.321. The number of methoxy groups -OCH3 is 1. The first kappa shape index (κ1) is 18.6. The predicted molar refractivity (Wildman–Crippen MR) is 93.0 cm³/mol. The first-order valence-electron chi connectivity index (χ1n) is 8.03. The number of amides is 1. The number of carbonyl (C=O) groups is 1. The van der Waals surface area contributed by atoms with Gasteiger partial charge in [-0.05, 0) is 56.3 Å². The molecule has 0 aromatic heterocycles. The van der Waals surface area contributed by atoms with E-state index in [0.717, 1.165) is 0 Å². The van der Waals surface area contributed by atoms with Crippen LogP contribution in [-0.4, -0.2) is 32.3 Å². The van der Waals surface area contributed by atoms with Gasteiger partial charge in [0.1, 0.15) is 18.2 Å². The molecule has 0 spiro atoms. The van der Waals surface area contributed by atoms with E-state index in [4.69, 9.17) is 14.2 Å². The number of nitrogens with one attached hydrogen (secondary N) is 1. The van der Waals surface area contributed by atoms with Gasteiger partial charge < -0.3 is 19.5 Å². The quantitative estimate of drug-likeness (QED) is 0.795. The number of hydrogen-bond donors (Lipinski definition) is 1. The Morgan fingerprint density at radius 2 is 1.84 bits per heavy atom. The normalized spacial score (nSPS) is 11.5. The molecule has 0 aliphatic heterocycles. The number of ether oxygens (including phenoxy) is 3. The average molecular weight is 347 g/mol. The lowest BCUT2D eigenvalue weighted by molar-refractivity contribution is 0.0926. The Morgan fingerprint density at radius 1 is 1.12 bits per heavy atom. The van der Waals surface area contributed by atoms with Gasteiger partial charge in [0.05, 0.1) is 19.8 Å². The van der Waals surface area contributed by atoms with E-state index in [1.807, 2.05) is 13.8 Å². The summed E-state index contributed by atoms with van der Waals surface area (Å²) in [5.41, 5.74) is 0.467. The van der Waals surface area contributed by atoms with E-state index in [1.165, 1.54) is 19.2 Å². The molecule has 1 unspecified atom stereocenters. The van der Waals surface area contributed by atoms with Crippen molar-refractivity contribution < 1.29 is 23.4 Å². The van der Waals surface area contributed by atoms with Crippen LogP contribution in [0.25, 0.3) is 0 Å². The van der Waals surface area contributed by atoms with Crippen molar-refractivity contribution in [3.05, 3.63) is 53.8 Å². The maximum absolute atomic E-state index is 12.9. The summed E-state index contributed by atoms with van der Waals surface area (Å²) in [6.45, 7) is 4.49. The zero-order valence-electron chi connectivity index (χ0n) is 14.5. The van der Waals surface area contributed by atoms with Crippen molar-refractivity contribution in [2.24, 2.45) is 0 Å². The zero-order chi connectivity index (χ0) is 18.2. The van der Waals surface area contributed by atoms with Gasteiger partial charge in [0.15, 0.2) is 11.5 Å². The maximum Gasteiger partial charge on any atom is 0.251 e. The SMILES string of the molecule is CCOc1ccc(C(=O)NC(C)COc2ccc(F)cc2)cc1OC. The van der Waals surface area contributed by atoms with Crippen LogP contribution in [0.4, 0.5) is 4.39 Å². The Kier molecular flexibility index (Phi) is 6.62. The summed E-state index contributed by atoms with van der Waals surface area (Å²) < 4.78 is 29.1. The fourth-order valence-electron chi connectivity index (χ4n) is 2.18. The number of hydrogen-bond acceptors (Lipinski definition) is 4. The van der Waals surface area contributed by atoms with Gasteiger partial charge >= 0.3 is 0 Å². The third kappa shape index (κ3) is 5.38. The third-order valence-electron chi connectivity index (χ3n) is 3.42. The van der Waals surface area contributed by atoms with Gasteiger partial charge in [-0.3, -0.25) is 4.79 Å². The number of benzene rings is 2. The monoisotopic (exact) mass is 347 g/mol. The first-order chi connectivity index (χ1) is 12.0. The van der Waals surface area contributed by atoms with Crippen molar-refractivity contribution in [1.29, 1.82) is 0 Å². The summed E-state index contributed by atoms with van der Waals surface area (Å²) in [5.74, 6) is 1.08. The highest BCUT2D eigenvalue weighted by atomic mass is 19.1. The minimum Gasteiger partial charge on any atom is -0.493 e. The second kappa shape index (κ2) is 8.92. The molecule has 0 aliphatic rings. The van der Waals surface area contributed by atoms with Crippen LogP contribution in [0.2, 0.25) is 0 Å². The second-order valence-corrected chi connectivity index (χ2v) is 5.44. The van der Waals surface area contributed by atoms with Crippen LogP contribution in [0.1, 0.15) is 24.2 Å². The Labute approximate surface area is 146 Å². The third-order valence-corrected chi connectivity index (χ3v) is 3.42. The number of halogens is 1. The van der Waals surface area contributed by atoms with E-state index < -0.39 is 0 Å². The highest BCUT2D eigenvalue weighted by Crippen LogP contribution is 2.28. The lowest BCUT2D eigenvalue weighted by Crippen LogP contribution is -2.36. The molecule has 0 fully saturated rings. The van der Waals surface area contributed by atoms with Crippen molar-refractivity contribution in [1.82, 2.24) is 5.32 Å². The van der Waals surface area contributed by atoms with Gasteiger partial charge in [-0.2, -0.15) is 0 Å². The van der Waals surface area contributed by atoms with Crippen LogP contribution in [0.15, 0.2) is 42.5 Å². The van der Waals surface area contributed by atoms with Gasteiger partial charge in [-0.1, -0.05) is 0 Å². The van der Waals surface area contributed by atoms with Crippen molar-refractivity contribution in [2.75, 3.05) is 20.3 Å². The fraction of sp³-hybridized carbons (Fsp3) is 0.316. The Morgan fingerprint density at radius 3 is 2.48 bits per heavy atom. The molecule has 1 N–H and O–H groups in total. The smallest absolute Gasteiger partial charge is 0.251 e. The van der Waals surface area contributed by atoms with E-state index in [1.54, 1.807) is 30.3 Å². The van der Waals surface area contributed by atoms with Crippen molar-refractivity contribution in [3.8, 4) is 17.2 Å². The van der Waals surface area contributed by atoms with Crippen molar-refractivity contribution in [2.45, 2.75) is 19.9 Å². The molecule has 0 saturated carbocycles. The van der Waals surface area contributed by atoms with E-state index in [2.05, 4.69) is 5.32 Å². The van der Waals surface area contributed by atoms with Crippen LogP contribution >= 0.6 is 0 Å². The molecule has 0 saturated heterocycles. The highest BCUT2D eigenvalue weighted by Gasteiger charge is 2.13. The topological polar surface area (TPSA) is 56.8 Å². The van der Waals surface area contributed by atoms with Gasteiger partial charge in [0, 0.05) is 5.56 Å². The molecule has 0 bridgehead atoms. The lowest BCUT2D eigenvalue weighted by atomic mass is 10.1. The molecule has 25 heavy (non-hydrogen) atoms. The summed E-state index contributed by atoms with van der Waals surface area (Å²) in [6.07, 6.45) is 0. The van der Waals surface area contributed by atoms with Crippen LogP contribution in [-0.2, 0) is 0 Å². The predicted octanol–water partition coefficient (Wildman–Crippen LogP) is 3.43. The van der Waals surface area contributed by atoms with Crippen molar-refractivity contribution >= 4 is 5.91 Å². The highest BCUT2D eigenvalue weighted by molar-refractivity contribution is 5.95. The molecule has 0 aliphatic carbocycles. The summed E-state index contributed by atoms with van der Waals surface area (Å²) in [5, 5.41) is 2.85. The largest absolute Gasteiger partial charge is 0.493 e. The second-order valence-electron chi connectivity index (χ2n) is 5.44. The maximum atomic E-state index is 12.9. The fourth-order valence-corrected chi connectivity index (χ4v) is 2.18. The van der Waals surface area contributed by atoms with Gasteiger partial charge in [-0.15, -0.1) is 0 Å². The summed E-state index contributed by atoms with van der Waals surface area (Å²) in [6, 6.07) is 10.5. The standard InChI is InChI=1S/C19H22FNO4/c1-4-24-17-10-5-14(11-18(17)23-3)19(22)21-13(2)12-25-16-8-6-15(20)7-9-16/h5-11,13H,4,12H2,1-3H3,(H,21,22). The molecular weight excluding hydrogens is 325 g/mol. The average Bonchev–Trinajstić information content (AvgIpc) is 2.61. The molecule has 0 radical (unpaired) electrons. The van der Waals surface area contributed by atoms with Crippen LogP contribution in [0, 0.1) is 5.82 Å². The van der Waals surface area contributed by atoms with E-state index >= 15 is 0 Å². The van der Waals surface area contributed by atoms with Gasteiger partial charge in [0.25, 0.3) is 5.91 Å². The van der Waals surface area contributed by atoms with E-state index in [9.17, 15) is 9.18 Å². The Bertz CT molecular complexity index is 703. The van der Waals surface area contributed by atoms with E-state index in [-0.39, 0.29) is 24.4 Å². The number of rotatable bonds is 8. The Balaban J connectivity index is 1.92. The molecule has 1 atom stereocenters. The number of carbonyl (C=O) groups excluding carboxylic acids is 1. The van der Waals surface area contributed by atoms with Gasteiger partial charge in [0.2, 0.25) is 0 Å². The van der Waals surface area contributed by atoms with Crippen molar-refractivity contribution in [3.63, 3.8) is 0 Å². The van der Waals surface area contributed by atoms with Crippen LogP contribution in [0.3, 0.4) is 0 Å². The molecule has 2 aromatic carbocycles. The first-order valence-corrected chi connectivity index (χ1v) is 8.03. The summed E-state index contributed by atoms with van der Waals surface area (Å²) >= 11 is 0. The molecule has 1 amide bonds. The molecule has 6 heteroatoms. The molecule has 0 heterocycles. The molecule has 2 rings (SSSR count). The molecule has 5 nitrogen and oxygen atoms in total. The van der Waals surface area contributed by atoms with Gasteiger partial charge in [-0.25, -0.2) is 4.39 Å². The van der Waals surface area contributed by atoms with Crippen LogP contribution < -0.4 is 19.5 Å². The summed E-state index contributed by atoms with van der Waals surface area (Å²) in [4.78, 5) is 12.3. The molecule has 2 aromatic rings. The minimum absolute atomic E-state index is 0.227. The molecular formula is C19H22FNO4. The lowest BCUT2D eigenvalue weighted by Gasteiger charge is -2.16. The summed E-state index contributed by atoms with van der Waals surface area (Å²) in [7, 11) is 1.53. The molecule has 134 valence electrons. The van der Waals surface area contributed by atoms with E-state index in [0.29, 0.717) is 29.4 Å². The Hall–Kier alpha value is -2.76.